The van der Waals surface area contributed by atoms with Crippen molar-refractivity contribution in [3.05, 3.63) is 53.8 Å². The van der Waals surface area contributed by atoms with Crippen LogP contribution in [0.4, 0.5) is 4.39 Å². The minimum atomic E-state index is -0.297. The third-order valence-corrected chi connectivity index (χ3v) is 6.79. The standard InChI is InChI=1S/C23H23FN4O3S/c1-27-22(15-4-7-17(24)8-5-15)25-26-23(27)32-14-21(29)28-10-2-3-18(28)16-6-9-19-20(13-16)31-12-11-30-19/h4-9,13,18H,2-3,10-12,14H2,1H3/t18-/m1/s1. The fourth-order valence-electron chi connectivity index (χ4n) is 4.18. The van der Waals surface area contributed by atoms with Crippen LogP contribution < -0.4 is 9.47 Å². The van der Waals surface area contributed by atoms with E-state index in [2.05, 4.69) is 10.2 Å². The highest BCUT2D eigenvalue weighted by atomic mass is 32.2. The van der Waals surface area contributed by atoms with Crippen molar-refractivity contribution in [3.63, 3.8) is 0 Å². The lowest BCUT2D eigenvalue weighted by Gasteiger charge is -2.26. The number of rotatable bonds is 5. The molecule has 1 atom stereocenters. The SMILES string of the molecule is Cn1c(SCC(=O)N2CCC[C@@H]2c2ccc3c(c2)OCCO3)nnc1-c1ccc(F)cc1. The van der Waals surface area contributed by atoms with E-state index in [0.29, 0.717) is 24.2 Å². The Bertz CT molecular complexity index is 1130. The number of hydrogen-bond acceptors (Lipinski definition) is 6. The van der Waals surface area contributed by atoms with E-state index in [-0.39, 0.29) is 23.5 Å². The number of thioether (sulfide) groups is 1. The second-order valence-electron chi connectivity index (χ2n) is 7.81. The van der Waals surface area contributed by atoms with Gasteiger partial charge >= 0.3 is 0 Å². The van der Waals surface area contributed by atoms with Gasteiger partial charge in [-0.3, -0.25) is 4.79 Å². The van der Waals surface area contributed by atoms with E-state index in [1.165, 1.54) is 23.9 Å². The highest BCUT2D eigenvalue weighted by molar-refractivity contribution is 7.99. The quantitative estimate of drug-likeness (QED) is 0.546. The van der Waals surface area contributed by atoms with Crippen LogP contribution in [0, 0.1) is 5.82 Å². The largest absolute Gasteiger partial charge is 0.486 e. The van der Waals surface area contributed by atoms with Gasteiger partial charge in [-0.15, -0.1) is 10.2 Å². The fraction of sp³-hybridized carbons (Fsp3) is 0.348. The summed E-state index contributed by atoms with van der Waals surface area (Å²) in [5, 5.41) is 9.08. The third-order valence-electron chi connectivity index (χ3n) is 5.79. The van der Waals surface area contributed by atoms with Crippen LogP contribution in [0.3, 0.4) is 0 Å². The molecule has 9 heteroatoms. The summed E-state index contributed by atoms with van der Waals surface area (Å²) in [5.41, 5.74) is 1.85. The number of amides is 1. The molecule has 0 radical (unpaired) electrons. The molecule has 2 aliphatic rings. The number of carbonyl (C=O) groups excluding carboxylic acids is 1. The summed E-state index contributed by atoms with van der Waals surface area (Å²) in [7, 11) is 1.85. The predicted octanol–water partition coefficient (Wildman–Crippen LogP) is 3.85. The predicted molar refractivity (Wildman–Crippen MR) is 118 cm³/mol. The van der Waals surface area contributed by atoms with Gasteiger partial charge in [0, 0.05) is 19.2 Å². The van der Waals surface area contributed by atoms with Crippen LogP contribution in [0.25, 0.3) is 11.4 Å². The first-order chi connectivity index (χ1) is 15.6. The van der Waals surface area contributed by atoms with Gasteiger partial charge in [0.05, 0.1) is 11.8 Å². The van der Waals surface area contributed by atoms with Gasteiger partial charge in [-0.2, -0.15) is 0 Å². The molecule has 166 valence electrons. The number of halogens is 1. The molecule has 1 fully saturated rings. The molecule has 2 aliphatic heterocycles. The minimum absolute atomic E-state index is 0.0354. The zero-order chi connectivity index (χ0) is 22.1. The highest BCUT2D eigenvalue weighted by Crippen LogP contribution is 2.38. The number of likely N-dealkylation sites (tertiary alicyclic amines) is 1. The van der Waals surface area contributed by atoms with Crippen LogP contribution in [0.2, 0.25) is 0 Å². The normalized spacial score (nSPS) is 17.6. The average Bonchev–Trinajstić information content (AvgIpc) is 3.45. The molecule has 1 aromatic heterocycles. The van der Waals surface area contributed by atoms with Crippen LogP contribution in [-0.2, 0) is 11.8 Å². The molecular formula is C23H23FN4O3S. The summed E-state index contributed by atoms with van der Waals surface area (Å²) in [6, 6.07) is 12.1. The highest BCUT2D eigenvalue weighted by Gasteiger charge is 2.31. The van der Waals surface area contributed by atoms with E-state index in [4.69, 9.17) is 9.47 Å². The zero-order valence-electron chi connectivity index (χ0n) is 17.7. The molecule has 0 bridgehead atoms. The Kier molecular flexibility index (Phi) is 5.73. The Morgan fingerprint density at radius 2 is 1.91 bits per heavy atom. The van der Waals surface area contributed by atoms with E-state index in [9.17, 15) is 9.18 Å². The maximum atomic E-state index is 13.2. The number of aromatic nitrogens is 3. The Hall–Kier alpha value is -3.07. The number of hydrogen-bond donors (Lipinski definition) is 0. The summed E-state index contributed by atoms with van der Waals surface area (Å²) in [6.45, 7) is 1.83. The first-order valence-electron chi connectivity index (χ1n) is 10.6. The molecule has 0 saturated carbocycles. The van der Waals surface area contributed by atoms with Gasteiger partial charge in [-0.05, 0) is 54.8 Å². The molecule has 3 heterocycles. The minimum Gasteiger partial charge on any atom is -0.486 e. The van der Waals surface area contributed by atoms with Gasteiger partial charge in [-0.1, -0.05) is 17.8 Å². The maximum Gasteiger partial charge on any atom is 0.233 e. The lowest BCUT2D eigenvalue weighted by atomic mass is 10.0. The van der Waals surface area contributed by atoms with Gasteiger partial charge in [0.25, 0.3) is 0 Å². The molecule has 0 unspecified atom stereocenters. The second kappa shape index (κ2) is 8.82. The number of carbonyl (C=O) groups is 1. The fourth-order valence-corrected chi connectivity index (χ4v) is 4.98. The first-order valence-corrected chi connectivity index (χ1v) is 11.6. The number of benzene rings is 2. The van der Waals surface area contributed by atoms with Crippen molar-refractivity contribution in [1.29, 1.82) is 0 Å². The van der Waals surface area contributed by atoms with E-state index in [0.717, 1.165) is 42.0 Å². The summed E-state index contributed by atoms with van der Waals surface area (Å²) >= 11 is 1.36. The number of ether oxygens (including phenoxy) is 2. The van der Waals surface area contributed by atoms with Crippen LogP contribution in [0.15, 0.2) is 47.6 Å². The molecule has 7 nitrogen and oxygen atoms in total. The Morgan fingerprint density at radius 1 is 1.12 bits per heavy atom. The second-order valence-corrected chi connectivity index (χ2v) is 8.75. The zero-order valence-corrected chi connectivity index (χ0v) is 18.5. The summed E-state index contributed by atoms with van der Waals surface area (Å²) in [5.74, 6) is 2.18. The summed E-state index contributed by atoms with van der Waals surface area (Å²) in [4.78, 5) is 15.0. The van der Waals surface area contributed by atoms with Gasteiger partial charge < -0.3 is 18.9 Å². The van der Waals surface area contributed by atoms with Crippen molar-refractivity contribution < 1.29 is 18.7 Å². The van der Waals surface area contributed by atoms with E-state index < -0.39 is 0 Å². The third kappa shape index (κ3) is 4.04. The van der Waals surface area contributed by atoms with Crippen LogP contribution in [0.1, 0.15) is 24.4 Å². The topological polar surface area (TPSA) is 69.5 Å². The van der Waals surface area contributed by atoms with E-state index >= 15 is 0 Å². The molecule has 0 spiro atoms. The van der Waals surface area contributed by atoms with Gasteiger partial charge in [0.1, 0.15) is 19.0 Å². The maximum absolute atomic E-state index is 13.2. The van der Waals surface area contributed by atoms with Crippen molar-refractivity contribution in [2.75, 3.05) is 25.5 Å². The van der Waals surface area contributed by atoms with Crippen molar-refractivity contribution in [3.8, 4) is 22.9 Å². The van der Waals surface area contributed by atoms with Crippen molar-refractivity contribution in [2.45, 2.75) is 24.0 Å². The molecule has 0 N–H and O–H groups in total. The summed E-state index contributed by atoms with van der Waals surface area (Å²) in [6.07, 6.45) is 1.89. The molecule has 3 aromatic rings. The van der Waals surface area contributed by atoms with Gasteiger partial charge in [0.15, 0.2) is 22.5 Å². The van der Waals surface area contributed by atoms with Crippen molar-refractivity contribution in [2.24, 2.45) is 7.05 Å². The van der Waals surface area contributed by atoms with E-state index in [1.54, 1.807) is 12.1 Å². The molecule has 1 amide bonds. The van der Waals surface area contributed by atoms with Gasteiger partial charge in [0.2, 0.25) is 5.91 Å². The number of fused-ring (bicyclic) bond motifs is 1. The first kappa shape index (κ1) is 20.8. The van der Waals surface area contributed by atoms with Crippen molar-refractivity contribution in [1.82, 2.24) is 19.7 Å². The smallest absolute Gasteiger partial charge is 0.233 e. The molecular weight excluding hydrogens is 431 g/mol. The monoisotopic (exact) mass is 454 g/mol. The Morgan fingerprint density at radius 3 is 2.72 bits per heavy atom. The molecule has 1 saturated heterocycles. The van der Waals surface area contributed by atoms with Gasteiger partial charge in [-0.25, -0.2) is 4.39 Å². The molecule has 2 aromatic carbocycles. The lowest BCUT2D eigenvalue weighted by Crippen LogP contribution is -2.32. The van der Waals surface area contributed by atoms with Crippen LogP contribution in [0.5, 0.6) is 11.5 Å². The Labute approximate surface area is 189 Å². The molecule has 5 rings (SSSR count). The lowest BCUT2D eigenvalue weighted by molar-refractivity contribution is -0.129. The Balaban J connectivity index is 1.26. The molecule has 32 heavy (non-hydrogen) atoms. The number of nitrogens with zero attached hydrogens (tertiary/aromatic N) is 4. The average molecular weight is 455 g/mol. The van der Waals surface area contributed by atoms with E-state index in [1.807, 2.05) is 34.7 Å². The van der Waals surface area contributed by atoms with Crippen LogP contribution >= 0.6 is 11.8 Å². The summed E-state index contributed by atoms with van der Waals surface area (Å²) < 4.78 is 26.4. The molecule has 0 aliphatic carbocycles. The van der Waals surface area contributed by atoms with Crippen LogP contribution in [-0.4, -0.2) is 51.1 Å². The van der Waals surface area contributed by atoms with Crippen molar-refractivity contribution >= 4 is 17.7 Å².